The molecule has 0 atom stereocenters. The Bertz CT molecular complexity index is 1530. The number of benzene rings is 3. The smallest absolute Gasteiger partial charge is 0.197 e. The molecule has 0 aliphatic rings. The zero-order valence-corrected chi connectivity index (χ0v) is 16.4. The van der Waals surface area contributed by atoms with Crippen LogP contribution >= 0.6 is 0 Å². The molecule has 5 nitrogen and oxygen atoms in total. The molecule has 0 bridgehead atoms. The zero-order chi connectivity index (χ0) is 20.1. The van der Waals surface area contributed by atoms with Gasteiger partial charge < -0.3 is 14.9 Å². The summed E-state index contributed by atoms with van der Waals surface area (Å²) in [6.45, 7) is 0.869. The number of aromatic nitrogens is 2. The molecule has 5 aromatic rings. The molecule has 0 aliphatic heterocycles. The fourth-order valence-electron chi connectivity index (χ4n) is 4.07. The highest BCUT2D eigenvalue weighted by atomic mass is 16.1. The molecule has 5 heteroatoms. The standard InChI is InChI=1S/C24H21N3O2/c1-27(2)11-10-14-6-5-9-19-22(14)24(29)17-13-20-16(12-21(17)26-19)23(28)15-7-3-4-8-18(15)25-20/h3-9,12-13H,10-11H2,1-2H3,(H,25,28)(H,26,29). The molecule has 5 rings (SSSR count). The summed E-state index contributed by atoms with van der Waals surface area (Å²) in [6.07, 6.45) is 0.800. The lowest BCUT2D eigenvalue weighted by Gasteiger charge is -2.12. The lowest BCUT2D eigenvalue weighted by atomic mass is 10.0. The van der Waals surface area contributed by atoms with Crippen LogP contribution in [0.5, 0.6) is 0 Å². The second kappa shape index (κ2) is 6.57. The first kappa shape index (κ1) is 17.6. The van der Waals surface area contributed by atoms with Gasteiger partial charge in [-0.15, -0.1) is 0 Å². The summed E-state index contributed by atoms with van der Waals surface area (Å²) in [5, 5.41) is 2.54. The molecule has 0 spiro atoms. The van der Waals surface area contributed by atoms with Gasteiger partial charge in [-0.05, 0) is 56.4 Å². The summed E-state index contributed by atoms with van der Waals surface area (Å²) in [5.41, 5.74) is 3.93. The van der Waals surface area contributed by atoms with Crippen LogP contribution in [0.2, 0.25) is 0 Å². The summed E-state index contributed by atoms with van der Waals surface area (Å²) in [6, 6.07) is 17.0. The Labute approximate surface area is 166 Å². The third-order valence-electron chi connectivity index (χ3n) is 5.56. The van der Waals surface area contributed by atoms with Crippen LogP contribution in [-0.4, -0.2) is 35.5 Å². The Kier molecular flexibility index (Phi) is 4.00. The molecule has 2 aromatic heterocycles. The summed E-state index contributed by atoms with van der Waals surface area (Å²) in [7, 11) is 4.05. The number of likely N-dealkylation sites (N-methyl/N-ethyl adjacent to an activating group) is 1. The minimum absolute atomic E-state index is 0.000913. The van der Waals surface area contributed by atoms with Crippen LogP contribution in [0.1, 0.15) is 5.56 Å². The van der Waals surface area contributed by atoms with E-state index in [1.807, 2.05) is 56.6 Å². The first-order chi connectivity index (χ1) is 14.0. The van der Waals surface area contributed by atoms with Gasteiger partial charge in [0.1, 0.15) is 0 Å². The van der Waals surface area contributed by atoms with E-state index >= 15 is 0 Å². The molecule has 144 valence electrons. The largest absolute Gasteiger partial charge is 0.354 e. The van der Waals surface area contributed by atoms with E-state index in [1.165, 1.54) is 0 Å². The van der Waals surface area contributed by atoms with E-state index in [1.54, 1.807) is 12.1 Å². The molecule has 0 unspecified atom stereocenters. The van der Waals surface area contributed by atoms with Gasteiger partial charge in [-0.3, -0.25) is 9.59 Å². The van der Waals surface area contributed by atoms with E-state index in [-0.39, 0.29) is 10.9 Å². The van der Waals surface area contributed by atoms with Crippen molar-refractivity contribution in [1.82, 2.24) is 14.9 Å². The van der Waals surface area contributed by atoms with Crippen molar-refractivity contribution >= 4 is 43.6 Å². The van der Waals surface area contributed by atoms with Crippen molar-refractivity contribution in [3.05, 3.63) is 80.6 Å². The van der Waals surface area contributed by atoms with Crippen molar-refractivity contribution in [3.63, 3.8) is 0 Å². The van der Waals surface area contributed by atoms with Crippen molar-refractivity contribution in [2.45, 2.75) is 6.42 Å². The Hall–Kier alpha value is -3.44. The van der Waals surface area contributed by atoms with Gasteiger partial charge in [-0.25, -0.2) is 0 Å². The maximum atomic E-state index is 13.4. The van der Waals surface area contributed by atoms with Gasteiger partial charge in [0, 0.05) is 33.6 Å². The van der Waals surface area contributed by atoms with Crippen molar-refractivity contribution in [2.75, 3.05) is 20.6 Å². The third kappa shape index (κ3) is 2.82. The summed E-state index contributed by atoms with van der Waals surface area (Å²) in [5.74, 6) is 0. The van der Waals surface area contributed by atoms with Crippen LogP contribution in [0.25, 0.3) is 43.6 Å². The van der Waals surface area contributed by atoms with Gasteiger partial charge >= 0.3 is 0 Å². The third-order valence-corrected chi connectivity index (χ3v) is 5.56. The number of hydrogen-bond acceptors (Lipinski definition) is 3. The van der Waals surface area contributed by atoms with Crippen molar-refractivity contribution < 1.29 is 0 Å². The fourth-order valence-corrected chi connectivity index (χ4v) is 4.07. The fraction of sp³-hybridized carbons (Fsp3) is 0.167. The highest BCUT2D eigenvalue weighted by Crippen LogP contribution is 2.23. The molecule has 0 saturated heterocycles. The summed E-state index contributed by atoms with van der Waals surface area (Å²) < 4.78 is 0. The van der Waals surface area contributed by atoms with Crippen molar-refractivity contribution in [1.29, 1.82) is 0 Å². The minimum atomic E-state index is -0.0306. The molecule has 0 amide bonds. The normalized spacial score (nSPS) is 12.0. The Morgan fingerprint density at radius 3 is 2.14 bits per heavy atom. The van der Waals surface area contributed by atoms with Crippen LogP contribution in [0, 0.1) is 0 Å². The molecule has 2 N–H and O–H groups in total. The van der Waals surface area contributed by atoms with Gasteiger partial charge in [-0.2, -0.15) is 0 Å². The van der Waals surface area contributed by atoms with Gasteiger partial charge in [0.05, 0.1) is 16.6 Å². The van der Waals surface area contributed by atoms with Gasteiger partial charge in [0.15, 0.2) is 10.9 Å². The minimum Gasteiger partial charge on any atom is -0.354 e. The highest BCUT2D eigenvalue weighted by molar-refractivity contribution is 6.03. The second-order valence-corrected chi connectivity index (χ2v) is 7.79. The first-order valence-electron chi connectivity index (χ1n) is 9.70. The predicted octanol–water partition coefficient (Wildman–Crippen LogP) is 3.78. The second-order valence-electron chi connectivity index (χ2n) is 7.79. The summed E-state index contributed by atoms with van der Waals surface area (Å²) >= 11 is 0. The van der Waals surface area contributed by atoms with Crippen LogP contribution < -0.4 is 10.9 Å². The molecule has 0 aliphatic carbocycles. The molecule has 3 aromatic carbocycles. The highest BCUT2D eigenvalue weighted by Gasteiger charge is 2.13. The van der Waals surface area contributed by atoms with E-state index < -0.39 is 0 Å². The van der Waals surface area contributed by atoms with E-state index in [2.05, 4.69) is 14.9 Å². The van der Waals surface area contributed by atoms with Crippen LogP contribution in [-0.2, 0) is 6.42 Å². The monoisotopic (exact) mass is 383 g/mol. The number of rotatable bonds is 3. The lowest BCUT2D eigenvalue weighted by molar-refractivity contribution is 0.414. The maximum Gasteiger partial charge on any atom is 0.197 e. The van der Waals surface area contributed by atoms with Crippen LogP contribution in [0.4, 0.5) is 0 Å². The Morgan fingerprint density at radius 1 is 0.724 bits per heavy atom. The van der Waals surface area contributed by atoms with E-state index in [0.29, 0.717) is 27.2 Å². The SMILES string of the molecule is CN(C)CCc1cccc2[nH]c3cc4c(=O)c5ccccc5[nH]c4cc3c(=O)c12. The number of nitrogens with zero attached hydrogens (tertiary/aromatic N) is 1. The van der Waals surface area contributed by atoms with E-state index in [9.17, 15) is 9.59 Å². The van der Waals surface area contributed by atoms with Crippen molar-refractivity contribution in [3.8, 4) is 0 Å². The molecular weight excluding hydrogens is 362 g/mol. The van der Waals surface area contributed by atoms with Gasteiger partial charge in [0.25, 0.3) is 0 Å². The molecule has 29 heavy (non-hydrogen) atoms. The molecule has 0 fully saturated rings. The van der Waals surface area contributed by atoms with E-state index in [4.69, 9.17) is 0 Å². The lowest BCUT2D eigenvalue weighted by Crippen LogP contribution is -2.16. The topological polar surface area (TPSA) is 69.0 Å². The van der Waals surface area contributed by atoms with Crippen LogP contribution in [0.15, 0.2) is 64.2 Å². The maximum absolute atomic E-state index is 13.4. The van der Waals surface area contributed by atoms with Crippen LogP contribution in [0.3, 0.4) is 0 Å². The average Bonchev–Trinajstić information content (AvgIpc) is 2.72. The summed E-state index contributed by atoms with van der Waals surface area (Å²) in [4.78, 5) is 35.2. The number of fused-ring (bicyclic) bond motifs is 4. The van der Waals surface area contributed by atoms with Gasteiger partial charge in [-0.1, -0.05) is 24.3 Å². The molecule has 2 heterocycles. The zero-order valence-electron chi connectivity index (χ0n) is 16.4. The number of nitrogens with one attached hydrogen (secondary N) is 2. The molecule has 0 saturated carbocycles. The number of hydrogen-bond donors (Lipinski definition) is 2. The number of H-pyrrole nitrogens is 2. The molecule has 0 radical (unpaired) electrons. The van der Waals surface area contributed by atoms with Crippen molar-refractivity contribution in [2.24, 2.45) is 0 Å². The number of para-hydroxylation sites is 1. The van der Waals surface area contributed by atoms with Gasteiger partial charge in [0.2, 0.25) is 0 Å². The number of pyridine rings is 2. The Balaban J connectivity index is 1.86. The predicted molar refractivity (Wildman–Crippen MR) is 120 cm³/mol. The quantitative estimate of drug-likeness (QED) is 0.466. The average molecular weight is 383 g/mol. The Morgan fingerprint density at radius 2 is 1.38 bits per heavy atom. The number of aromatic amines is 2. The van der Waals surface area contributed by atoms with E-state index in [0.717, 1.165) is 34.9 Å². The first-order valence-corrected chi connectivity index (χ1v) is 9.70. The molecular formula is C24H21N3O2.